The van der Waals surface area contributed by atoms with Gasteiger partial charge in [-0.2, -0.15) is 8.42 Å². The topological polar surface area (TPSA) is 145 Å². The fourth-order valence-corrected chi connectivity index (χ4v) is 3.69. The lowest BCUT2D eigenvalue weighted by atomic mass is 10.2. The second-order valence-electron chi connectivity index (χ2n) is 7.49. The maximum atomic E-state index is 12.5. The van der Waals surface area contributed by atoms with Gasteiger partial charge < -0.3 is 14.8 Å². The summed E-state index contributed by atoms with van der Waals surface area (Å²) in [7, 11) is -4.30. The molecule has 0 radical (unpaired) electrons. The highest BCUT2D eigenvalue weighted by atomic mass is 32.2. The molecule has 0 heterocycles. The van der Waals surface area contributed by atoms with Crippen LogP contribution >= 0.6 is 0 Å². The lowest BCUT2D eigenvalue weighted by Gasteiger charge is -2.10. The molecule has 3 rings (SSSR count). The standard InChI is InChI=1S/C23H21N3O7S/c1-15(2)22(27)24-17-8-10-18(11-9-17)25-23(28)16-6-12-20(13-7-16)33-34(31,32)21-5-3-4-19(14-21)26(29)30/h3-15H,1-2H3,(H,24,27)(H,25,28). The van der Waals surface area contributed by atoms with Gasteiger partial charge in [0.2, 0.25) is 5.91 Å². The molecule has 2 N–H and O–H groups in total. The van der Waals surface area contributed by atoms with Crippen molar-refractivity contribution in [2.75, 3.05) is 10.6 Å². The average Bonchev–Trinajstić information content (AvgIpc) is 2.80. The first-order chi connectivity index (χ1) is 16.0. The Morgan fingerprint density at radius 2 is 1.50 bits per heavy atom. The zero-order chi connectivity index (χ0) is 24.9. The van der Waals surface area contributed by atoms with E-state index in [2.05, 4.69) is 10.6 Å². The lowest BCUT2D eigenvalue weighted by molar-refractivity contribution is -0.385. The maximum absolute atomic E-state index is 12.5. The van der Waals surface area contributed by atoms with Crippen molar-refractivity contribution in [3.63, 3.8) is 0 Å². The largest absolute Gasteiger partial charge is 0.379 e. The summed E-state index contributed by atoms with van der Waals surface area (Å²) in [5.41, 5.74) is 0.966. The molecule has 0 aliphatic rings. The third-order valence-electron chi connectivity index (χ3n) is 4.57. The Kier molecular flexibility index (Phi) is 7.27. The van der Waals surface area contributed by atoms with E-state index in [1.54, 1.807) is 38.1 Å². The minimum absolute atomic E-state index is 0.0618. The number of amides is 2. The summed E-state index contributed by atoms with van der Waals surface area (Å²) in [5.74, 6) is -0.778. The van der Waals surface area contributed by atoms with Crippen molar-refractivity contribution in [1.29, 1.82) is 0 Å². The van der Waals surface area contributed by atoms with E-state index < -0.39 is 20.9 Å². The average molecular weight is 484 g/mol. The fourth-order valence-electron chi connectivity index (χ4n) is 2.72. The van der Waals surface area contributed by atoms with Gasteiger partial charge in [0.25, 0.3) is 11.6 Å². The van der Waals surface area contributed by atoms with Crippen LogP contribution in [0.15, 0.2) is 77.7 Å². The molecule has 10 nitrogen and oxygen atoms in total. The third-order valence-corrected chi connectivity index (χ3v) is 5.82. The molecule has 0 saturated heterocycles. The van der Waals surface area contributed by atoms with E-state index in [9.17, 15) is 28.1 Å². The van der Waals surface area contributed by atoms with Crippen LogP contribution in [0.3, 0.4) is 0 Å². The van der Waals surface area contributed by atoms with Gasteiger partial charge >= 0.3 is 10.1 Å². The summed E-state index contributed by atoms with van der Waals surface area (Å²) in [6.45, 7) is 3.56. The normalized spacial score (nSPS) is 11.0. The van der Waals surface area contributed by atoms with Gasteiger partial charge in [0.15, 0.2) is 0 Å². The van der Waals surface area contributed by atoms with Crippen molar-refractivity contribution in [3.05, 3.63) is 88.5 Å². The first-order valence-electron chi connectivity index (χ1n) is 10.1. The minimum Gasteiger partial charge on any atom is -0.379 e. The van der Waals surface area contributed by atoms with Crippen LogP contribution in [0.5, 0.6) is 5.75 Å². The molecule has 0 spiro atoms. The summed E-state index contributed by atoms with van der Waals surface area (Å²) in [4.78, 5) is 34.0. The molecule has 3 aromatic rings. The van der Waals surface area contributed by atoms with Crippen LogP contribution in [0, 0.1) is 16.0 Å². The number of non-ortho nitro benzene ring substituents is 1. The molecule has 2 amide bonds. The van der Waals surface area contributed by atoms with E-state index in [1.807, 2.05) is 0 Å². The van der Waals surface area contributed by atoms with E-state index in [4.69, 9.17) is 4.18 Å². The molecule has 34 heavy (non-hydrogen) atoms. The van der Waals surface area contributed by atoms with Crippen molar-refractivity contribution in [1.82, 2.24) is 0 Å². The first-order valence-corrected chi connectivity index (χ1v) is 11.5. The number of anilines is 2. The SMILES string of the molecule is CC(C)C(=O)Nc1ccc(NC(=O)c2ccc(OS(=O)(=O)c3cccc([N+](=O)[O-])c3)cc2)cc1. The van der Waals surface area contributed by atoms with Gasteiger partial charge in [0.05, 0.1) is 4.92 Å². The van der Waals surface area contributed by atoms with Gasteiger partial charge in [0.1, 0.15) is 10.6 Å². The predicted molar refractivity (Wildman–Crippen MR) is 125 cm³/mol. The number of carbonyl (C=O) groups excluding carboxylic acids is 2. The molecule has 0 aliphatic carbocycles. The Bertz CT molecular complexity index is 1320. The predicted octanol–water partition coefficient (Wildman–Crippen LogP) is 4.21. The number of nitrogens with one attached hydrogen (secondary N) is 2. The first kappa shape index (κ1) is 24.4. The van der Waals surface area contributed by atoms with E-state index in [0.717, 1.165) is 6.07 Å². The zero-order valence-corrected chi connectivity index (χ0v) is 19.0. The molecule has 0 fully saturated rings. The molecular weight excluding hydrogens is 462 g/mol. The van der Waals surface area contributed by atoms with Gasteiger partial charge in [-0.3, -0.25) is 19.7 Å². The monoisotopic (exact) mass is 483 g/mol. The summed E-state index contributed by atoms with van der Waals surface area (Å²) >= 11 is 0. The third kappa shape index (κ3) is 6.17. The Morgan fingerprint density at radius 1 is 0.912 bits per heavy atom. The minimum atomic E-state index is -4.30. The quantitative estimate of drug-likeness (QED) is 0.277. The Balaban J connectivity index is 1.65. The van der Waals surface area contributed by atoms with Gasteiger partial charge in [-0.15, -0.1) is 0 Å². The number of hydrogen-bond donors (Lipinski definition) is 2. The highest BCUT2D eigenvalue weighted by Crippen LogP contribution is 2.23. The number of nitro groups is 1. The van der Waals surface area contributed by atoms with Crippen molar-refractivity contribution in [3.8, 4) is 5.75 Å². The molecule has 176 valence electrons. The van der Waals surface area contributed by atoms with E-state index in [-0.39, 0.29) is 33.7 Å². The summed E-state index contributed by atoms with van der Waals surface area (Å²) in [5, 5.41) is 16.3. The molecule has 11 heteroatoms. The Morgan fingerprint density at radius 3 is 2.06 bits per heavy atom. The van der Waals surface area contributed by atoms with E-state index in [1.165, 1.54) is 42.5 Å². The van der Waals surface area contributed by atoms with Crippen LogP contribution in [0.1, 0.15) is 24.2 Å². The van der Waals surface area contributed by atoms with Crippen LogP contribution in [0.4, 0.5) is 17.1 Å². The summed E-state index contributed by atoms with van der Waals surface area (Å²) < 4.78 is 29.9. The number of benzene rings is 3. The molecule has 0 unspecified atom stereocenters. The second-order valence-corrected chi connectivity index (χ2v) is 9.04. The maximum Gasteiger partial charge on any atom is 0.339 e. The molecule has 0 aromatic heterocycles. The number of carbonyl (C=O) groups is 2. The molecule has 0 saturated carbocycles. The Hall–Kier alpha value is -4.25. The number of nitrogens with zero attached hydrogens (tertiary/aromatic N) is 1. The number of rotatable bonds is 8. The lowest BCUT2D eigenvalue weighted by Crippen LogP contribution is -2.17. The van der Waals surface area contributed by atoms with Crippen molar-refractivity contribution < 1.29 is 27.1 Å². The van der Waals surface area contributed by atoms with Crippen LogP contribution < -0.4 is 14.8 Å². The van der Waals surface area contributed by atoms with E-state index in [0.29, 0.717) is 11.4 Å². The van der Waals surface area contributed by atoms with Gasteiger partial charge in [-0.05, 0) is 54.6 Å². The van der Waals surface area contributed by atoms with Gasteiger partial charge in [0, 0.05) is 35.0 Å². The number of hydrogen-bond acceptors (Lipinski definition) is 7. The fraction of sp³-hybridized carbons (Fsp3) is 0.130. The highest BCUT2D eigenvalue weighted by Gasteiger charge is 2.20. The zero-order valence-electron chi connectivity index (χ0n) is 18.2. The summed E-state index contributed by atoms with van der Waals surface area (Å²) in [6, 6.07) is 16.4. The van der Waals surface area contributed by atoms with Crippen LogP contribution in [0.2, 0.25) is 0 Å². The molecular formula is C23H21N3O7S. The Labute approximate surface area is 195 Å². The van der Waals surface area contributed by atoms with Crippen LogP contribution in [0.25, 0.3) is 0 Å². The van der Waals surface area contributed by atoms with Crippen molar-refractivity contribution in [2.45, 2.75) is 18.7 Å². The highest BCUT2D eigenvalue weighted by molar-refractivity contribution is 7.87. The van der Waals surface area contributed by atoms with Crippen molar-refractivity contribution >= 4 is 39.0 Å². The van der Waals surface area contributed by atoms with E-state index >= 15 is 0 Å². The van der Waals surface area contributed by atoms with Gasteiger partial charge in [-0.25, -0.2) is 0 Å². The van der Waals surface area contributed by atoms with Gasteiger partial charge in [-0.1, -0.05) is 19.9 Å². The molecule has 0 atom stereocenters. The molecule has 0 bridgehead atoms. The van der Waals surface area contributed by atoms with Crippen molar-refractivity contribution in [2.24, 2.45) is 5.92 Å². The smallest absolute Gasteiger partial charge is 0.339 e. The summed E-state index contributed by atoms with van der Waals surface area (Å²) in [6.07, 6.45) is 0. The second kappa shape index (κ2) is 10.1. The molecule has 3 aromatic carbocycles. The van der Waals surface area contributed by atoms with Crippen LogP contribution in [-0.4, -0.2) is 25.2 Å². The van der Waals surface area contributed by atoms with Crippen LogP contribution in [-0.2, 0) is 14.9 Å². The number of nitro benzene ring substituents is 1. The molecule has 0 aliphatic heterocycles.